The average Bonchev–Trinajstić information content (AvgIpc) is 3.05. The Morgan fingerprint density at radius 1 is 1.15 bits per heavy atom. The lowest BCUT2D eigenvalue weighted by Crippen LogP contribution is -2.21. The van der Waals surface area contributed by atoms with Gasteiger partial charge in [-0.25, -0.2) is 4.39 Å². The third-order valence-electron chi connectivity index (χ3n) is 4.28. The summed E-state index contributed by atoms with van der Waals surface area (Å²) in [6, 6.07) is 15.8. The van der Waals surface area contributed by atoms with E-state index < -0.39 is 5.92 Å². The lowest BCUT2D eigenvalue weighted by atomic mass is 9.83. The van der Waals surface area contributed by atoms with Gasteiger partial charge >= 0.3 is 0 Å². The van der Waals surface area contributed by atoms with Crippen LogP contribution in [0.4, 0.5) is 4.39 Å². The van der Waals surface area contributed by atoms with Crippen LogP contribution in [-0.4, -0.2) is 10.2 Å². The van der Waals surface area contributed by atoms with E-state index in [1.54, 1.807) is 12.1 Å². The zero-order valence-corrected chi connectivity index (χ0v) is 14.9. The first-order chi connectivity index (χ1) is 12.6. The molecule has 0 aliphatic carbocycles. The second-order valence-electron chi connectivity index (χ2n) is 5.80. The summed E-state index contributed by atoms with van der Waals surface area (Å²) in [5.74, 6) is -0.532. The molecule has 0 fully saturated rings. The second-order valence-corrected chi connectivity index (χ2v) is 6.72. The van der Waals surface area contributed by atoms with Crippen LogP contribution in [0.25, 0.3) is 11.3 Å². The van der Waals surface area contributed by atoms with E-state index >= 15 is 0 Å². The molecule has 7 heteroatoms. The lowest BCUT2D eigenvalue weighted by Gasteiger charge is -2.24. The Labute approximate surface area is 157 Å². The number of nitriles is 1. The van der Waals surface area contributed by atoms with Crippen LogP contribution in [0.2, 0.25) is 0 Å². The van der Waals surface area contributed by atoms with Crippen molar-refractivity contribution in [1.29, 1.82) is 5.26 Å². The minimum atomic E-state index is -0.498. The Bertz CT molecular complexity index is 1050. The third-order valence-corrected chi connectivity index (χ3v) is 4.80. The number of hydrogen-bond acceptors (Lipinski definition) is 4. The number of rotatable bonds is 2. The average molecular weight is 411 g/mol. The van der Waals surface area contributed by atoms with E-state index in [9.17, 15) is 9.65 Å². The highest BCUT2D eigenvalue weighted by Crippen LogP contribution is 2.45. The summed E-state index contributed by atoms with van der Waals surface area (Å²) in [7, 11) is 0. The summed E-state index contributed by atoms with van der Waals surface area (Å²) in [5, 5.41) is 16.8. The molecular formula is C19H12BrFN4O. The Hall–Kier alpha value is -3.11. The van der Waals surface area contributed by atoms with Crippen LogP contribution in [0.15, 0.2) is 64.5 Å². The van der Waals surface area contributed by atoms with Crippen LogP contribution in [0.5, 0.6) is 5.88 Å². The second kappa shape index (κ2) is 6.32. The Morgan fingerprint density at radius 2 is 1.85 bits per heavy atom. The van der Waals surface area contributed by atoms with E-state index in [1.807, 2.05) is 24.3 Å². The fourth-order valence-corrected chi connectivity index (χ4v) is 3.33. The molecular weight excluding hydrogens is 399 g/mol. The third kappa shape index (κ3) is 2.65. The SMILES string of the molecule is N#CC1=C(N)Oc2n[nH]c(-c3ccc(Br)cc3)c2C1c1ccc(F)cc1. The summed E-state index contributed by atoms with van der Waals surface area (Å²) < 4.78 is 19.9. The minimum absolute atomic E-state index is 0.00295. The molecule has 1 unspecified atom stereocenters. The molecule has 26 heavy (non-hydrogen) atoms. The van der Waals surface area contributed by atoms with Crippen LogP contribution in [-0.2, 0) is 0 Å². The summed E-state index contributed by atoms with van der Waals surface area (Å²) in [6.45, 7) is 0. The number of hydrogen-bond donors (Lipinski definition) is 2. The number of nitrogens with two attached hydrogens (primary N) is 1. The number of halogens is 2. The molecule has 0 saturated heterocycles. The van der Waals surface area contributed by atoms with Gasteiger partial charge in [-0.2, -0.15) is 5.26 Å². The highest BCUT2D eigenvalue weighted by atomic mass is 79.9. The zero-order chi connectivity index (χ0) is 18.3. The molecule has 0 saturated carbocycles. The number of nitrogens with one attached hydrogen (secondary N) is 1. The molecule has 4 rings (SSSR count). The first kappa shape index (κ1) is 16.4. The number of H-pyrrole nitrogens is 1. The van der Waals surface area contributed by atoms with Crippen LogP contribution in [0.1, 0.15) is 17.0 Å². The lowest BCUT2D eigenvalue weighted by molar-refractivity contribution is 0.379. The normalized spacial score (nSPS) is 16.0. The van der Waals surface area contributed by atoms with Gasteiger partial charge in [0.2, 0.25) is 11.8 Å². The Balaban J connectivity index is 1.93. The van der Waals surface area contributed by atoms with Crippen molar-refractivity contribution in [2.45, 2.75) is 5.92 Å². The number of aromatic nitrogens is 2. The van der Waals surface area contributed by atoms with Crippen molar-refractivity contribution < 1.29 is 9.13 Å². The van der Waals surface area contributed by atoms with Gasteiger partial charge in [0.25, 0.3) is 0 Å². The number of nitrogens with zero attached hydrogens (tertiary/aromatic N) is 2. The Morgan fingerprint density at radius 3 is 2.50 bits per heavy atom. The number of ether oxygens (including phenoxy) is 1. The van der Waals surface area contributed by atoms with Gasteiger partial charge in [0.1, 0.15) is 17.5 Å². The summed E-state index contributed by atoms with van der Waals surface area (Å²) >= 11 is 3.41. The fraction of sp³-hybridized carbons (Fsp3) is 0.0526. The molecule has 1 aliphatic heterocycles. The monoisotopic (exact) mass is 410 g/mol. The highest BCUT2D eigenvalue weighted by molar-refractivity contribution is 9.10. The van der Waals surface area contributed by atoms with Crippen LogP contribution in [0.3, 0.4) is 0 Å². The predicted octanol–water partition coefficient (Wildman–Crippen LogP) is 4.20. The maximum Gasteiger partial charge on any atom is 0.244 e. The van der Waals surface area contributed by atoms with Gasteiger partial charge in [0.05, 0.1) is 17.2 Å². The molecule has 1 aliphatic rings. The molecule has 0 bridgehead atoms. The van der Waals surface area contributed by atoms with Crippen LogP contribution in [0, 0.1) is 17.1 Å². The van der Waals surface area contributed by atoms with Gasteiger partial charge in [-0.1, -0.05) is 40.2 Å². The maximum atomic E-state index is 13.4. The smallest absolute Gasteiger partial charge is 0.244 e. The number of allylic oxidation sites excluding steroid dienone is 1. The molecule has 3 N–H and O–H groups in total. The quantitative estimate of drug-likeness (QED) is 0.662. The van der Waals surface area contributed by atoms with Crippen LogP contribution < -0.4 is 10.5 Å². The van der Waals surface area contributed by atoms with Crippen molar-refractivity contribution in [3.8, 4) is 23.2 Å². The first-order valence-corrected chi connectivity index (χ1v) is 8.55. The largest absolute Gasteiger partial charge is 0.420 e. The summed E-state index contributed by atoms with van der Waals surface area (Å²) in [4.78, 5) is 0. The summed E-state index contributed by atoms with van der Waals surface area (Å²) in [5.41, 5.74) is 9.24. The molecule has 128 valence electrons. The molecule has 1 atom stereocenters. The van der Waals surface area contributed by atoms with Crippen molar-refractivity contribution >= 4 is 15.9 Å². The zero-order valence-electron chi connectivity index (χ0n) is 13.3. The van der Waals surface area contributed by atoms with E-state index in [-0.39, 0.29) is 17.3 Å². The maximum absolute atomic E-state index is 13.4. The van der Waals surface area contributed by atoms with E-state index in [1.165, 1.54) is 12.1 Å². The topological polar surface area (TPSA) is 87.7 Å². The van der Waals surface area contributed by atoms with Crippen molar-refractivity contribution in [3.63, 3.8) is 0 Å². The minimum Gasteiger partial charge on any atom is -0.420 e. The van der Waals surface area contributed by atoms with Gasteiger partial charge in [0, 0.05) is 10.0 Å². The highest BCUT2D eigenvalue weighted by Gasteiger charge is 2.35. The predicted molar refractivity (Wildman–Crippen MR) is 97.4 cm³/mol. The molecule has 2 aromatic carbocycles. The molecule has 3 aromatic rings. The molecule has 0 spiro atoms. The van der Waals surface area contributed by atoms with Crippen molar-refractivity contribution in [2.75, 3.05) is 0 Å². The van der Waals surface area contributed by atoms with Gasteiger partial charge in [0.15, 0.2) is 0 Å². The first-order valence-electron chi connectivity index (χ1n) is 7.75. The van der Waals surface area contributed by atoms with Gasteiger partial charge in [-0.05, 0) is 29.8 Å². The molecule has 0 amide bonds. The van der Waals surface area contributed by atoms with E-state index in [2.05, 4.69) is 32.2 Å². The Kier molecular flexibility index (Phi) is 3.98. The number of aromatic amines is 1. The number of fused-ring (bicyclic) bond motifs is 1. The van der Waals surface area contributed by atoms with Gasteiger partial charge in [-0.3, -0.25) is 5.10 Å². The van der Waals surface area contributed by atoms with E-state index in [0.717, 1.165) is 21.3 Å². The standard InChI is InChI=1S/C19H12BrFN4O/c20-12-5-1-11(2-6-12)17-16-15(10-3-7-13(21)8-4-10)14(9-22)18(23)26-19(16)25-24-17/h1-8,15H,23H2,(H,24,25). The molecule has 1 aromatic heterocycles. The van der Waals surface area contributed by atoms with E-state index in [4.69, 9.17) is 10.5 Å². The molecule has 5 nitrogen and oxygen atoms in total. The van der Waals surface area contributed by atoms with Gasteiger partial charge < -0.3 is 10.5 Å². The molecule has 2 heterocycles. The van der Waals surface area contributed by atoms with Crippen molar-refractivity contribution in [2.24, 2.45) is 5.73 Å². The number of benzene rings is 2. The van der Waals surface area contributed by atoms with Crippen LogP contribution >= 0.6 is 15.9 Å². The van der Waals surface area contributed by atoms with Crippen molar-refractivity contribution in [3.05, 3.63) is 81.4 Å². The van der Waals surface area contributed by atoms with Gasteiger partial charge in [-0.15, -0.1) is 5.10 Å². The molecule has 0 radical (unpaired) electrons. The fourth-order valence-electron chi connectivity index (χ4n) is 3.07. The van der Waals surface area contributed by atoms with Crippen molar-refractivity contribution in [1.82, 2.24) is 10.2 Å². The van der Waals surface area contributed by atoms with E-state index in [0.29, 0.717) is 11.4 Å². The summed E-state index contributed by atoms with van der Waals surface area (Å²) in [6.07, 6.45) is 0.